The van der Waals surface area contributed by atoms with Crippen molar-refractivity contribution < 1.29 is 14.8 Å². The summed E-state index contributed by atoms with van der Waals surface area (Å²) in [6, 6.07) is 13.9. The van der Waals surface area contributed by atoms with Gasteiger partial charge in [0.1, 0.15) is 11.5 Å². The first-order valence-electron chi connectivity index (χ1n) is 5.15. The van der Waals surface area contributed by atoms with Crippen LogP contribution in [0.4, 0.5) is 5.69 Å². The summed E-state index contributed by atoms with van der Waals surface area (Å²) < 4.78 is 5.56. The van der Waals surface area contributed by atoms with Crippen molar-refractivity contribution >= 4 is 18.3 Å². The highest BCUT2D eigenvalue weighted by atomic mass is 16.5. The molecule has 86 valence electrons. The van der Waals surface area contributed by atoms with Crippen LogP contribution in [0.25, 0.3) is 0 Å². The van der Waals surface area contributed by atoms with Crippen LogP contribution in [0.15, 0.2) is 48.5 Å². The standard InChI is InChI=1S/C12H12BNO3/c14-11-8-9(13(15)16)6-7-12(11)17-10-4-2-1-3-5-10/h1-8,15-16H,14H2. The molecular formula is C12H12BNO3. The van der Waals surface area contributed by atoms with Gasteiger partial charge in [-0.1, -0.05) is 24.3 Å². The van der Waals surface area contributed by atoms with E-state index in [9.17, 15) is 0 Å². The summed E-state index contributed by atoms with van der Waals surface area (Å²) in [6.07, 6.45) is 0. The normalized spacial score (nSPS) is 10.0. The quantitative estimate of drug-likeness (QED) is 0.536. The molecule has 0 atom stereocenters. The number of hydrogen-bond acceptors (Lipinski definition) is 4. The Balaban J connectivity index is 2.23. The number of ether oxygens (including phenoxy) is 1. The summed E-state index contributed by atoms with van der Waals surface area (Å²) in [5, 5.41) is 18.0. The number of nitrogen functional groups attached to an aromatic ring is 1. The van der Waals surface area contributed by atoms with Crippen LogP contribution < -0.4 is 15.9 Å². The van der Waals surface area contributed by atoms with Crippen molar-refractivity contribution in [3.05, 3.63) is 48.5 Å². The summed E-state index contributed by atoms with van der Waals surface area (Å²) in [6.45, 7) is 0. The smallest absolute Gasteiger partial charge is 0.455 e. The van der Waals surface area contributed by atoms with Crippen LogP contribution in [0.2, 0.25) is 0 Å². The highest BCUT2D eigenvalue weighted by molar-refractivity contribution is 6.58. The van der Waals surface area contributed by atoms with Crippen molar-refractivity contribution in [3.63, 3.8) is 0 Å². The van der Waals surface area contributed by atoms with Crippen LogP contribution in [0, 0.1) is 0 Å². The number of para-hydroxylation sites is 1. The molecule has 0 unspecified atom stereocenters. The van der Waals surface area contributed by atoms with Gasteiger partial charge in [0.05, 0.1) is 5.69 Å². The lowest BCUT2D eigenvalue weighted by atomic mass is 9.80. The molecule has 0 spiro atoms. The number of benzene rings is 2. The summed E-state index contributed by atoms with van der Waals surface area (Å²) in [7, 11) is -1.52. The largest absolute Gasteiger partial charge is 0.488 e. The fourth-order valence-electron chi connectivity index (χ4n) is 1.44. The minimum absolute atomic E-state index is 0.336. The van der Waals surface area contributed by atoms with Gasteiger partial charge < -0.3 is 20.5 Å². The van der Waals surface area contributed by atoms with Crippen LogP contribution >= 0.6 is 0 Å². The van der Waals surface area contributed by atoms with Crippen LogP contribution in [0.3, 0.4) is 0 Å². The first-order chi connectivity index (χ1) is 8.16. The molecule has 0 aromatic heterocycles. The second-order valence-corrected chi connectivity index (χ2v) is 3.59. The molecule has 0 bridgehead atoms. The molecule has 0 aliphatic rings. The Morgan fingerprint density at radius 2 is 1.71 bits per heavy atom. The van der Waals surface area contributed by atoms with Crippen molar-refractivity contribution in [3.8, 4) is 11.5 Å². The summed E-state index contributed by atoms with van der Waals surface area (Å²) in [5.41, 5.74) is 6.46. The fourth-order valence-corrected chi connectivity index (χ4v) is 1.44. The molecule has 0 radical (unpaired) electrons. The molecule has 0 fully saturated rings. The van der Waals surface area contributed by atoms with Crippen LogP contribution in [0.1, 0.15) is 0 Å². The number of nitrogens with two attached hydrogens (primary N) is 1. The topological polar surface area (TPSA) is 75.7 Å². The maximum absolute atomic E-state index is 8.99. The Kier molecular flexibility index (Phi) is 3.32. The van der Waals surface area contributed by atoms with Gasteiger partial charge in [-0.2, -0.15) is 0 Å². The van der Waals surface area contributed by atoms with E-state index in [0.29, 0.717) is 22.6 Å². The molecular weight excluding hydrogens is 217 g/mol. The van der Waals surface area contributed by atoms with Gasteiger partial charge in [-0.15, -0.1) is 0 Å². The first kappa shape index (κ1) is 11.5. The minimum atomic E-state index is -1.52. The third-order valence-electron chi connectivity index (χ3n) is 2.30. The Morgan fingerprint density at radius 1 is 1.00 bits per heavy atom. The second-order valence-electron chi connectivity index (χ2n) is 3.59. The van der Waals surface area contributed by atoms with E-state index in [-0.39, 0.29) is 0 Å². The lowest BCUT2D eigenvalue weighted by molar-refractivity contribution is 0.425. The van der Waals surface area contributed by atoms with E-state index in [1.165, 1.54) is 6.07 Å². The van der Waals surface area contributed by atoms with Gasteiger partial charge in [0.2, 0.25) is 0 Å². The van der Waals surface area contributed by atoms with E-state index in [2.05, 4.69) is 0 Å². The lowest BCUT2D eigenvalue weighted by Crippen LogP contribution is -2.29. The van der Waals surface area contributed by atoms with Gasteiger partial charge in [0, 0.05) is 0 Å². The van der Waals surface area contributed by atoms with Crippen molar-refractivity contribution in [1.82, 2.24) is 0 Å². The number of anilines is 1. The van der Waals surface area contributed by atoms with Crippen molar-refractivity contribution in [1.29, 1.82) is 0 Å². The molecule has 2 aromatic carbocycles. The zero-order valence-electron chi connectivity index (χ0n) is 9.08. The monoisotopic (exact) mass is 229 g/mol. The van der Waals surface area contributed by atoms with E-state index < -0.39 is 7.12 Å². The molecule has 0 amide bonds. The molecule has 0 saturated carbocycles. The Bertz CT molecular complexity index is 502. The molecule has 4 nitrogen and oxygen atoms in total. The molecule has 2 aromatic rings. The van der Waals surface area contributed by atoms with Crippen molar-refractivity contribution in [2.45, 2.75) is 0 Å². The third-order valence-corrected chi connectivity index (χ3v) is 2.30. The summed E-state index contributed by atoms with van der Waals surface area (Å²) in [4.78, 5) is 0. The van der Waals surface area contributed by atoms with Gasteiger partial charge in [0.25, 0.3) is 0 Å². The van der Waals surface area contributed by atoms with Gasteiger partial charge in [-0.3, -0.25) is 0 Å². The molecule has 17 heavy (non-hydrogen) atoms. The average Bonchev–Trinajstić information content (AvgIpc) is 2.33. The first-order valence-corrected chi connectivity index (χ1v) is 5.15. The minimum Gasteiger partial charge on any atom is -0.455 e. The van der Waals surface area contributed by atoms with Crippen molar-refractivity contribution in [2.75, 3.05) is 5.73 Å². The number of hydrogen-bond donors (Lipinski definition) is 3. The maximum atomic E-state index is 8.99. The summed E-state index contributed by atoms with van der Waals surface area (Å²) >= 11 is 0. The predicted molar refractivity (Wildman–Crippen MR) is 67.2 cm³/mol. The third kappa shape index (κ3) is 2.78. The van der Waals surface area contributed by atoms with Gasteiger partial charge in [-0.25, -0.2) is 0 Å². The maximum Gasteiger partial charge on any atom is 0.488 e. The molecule has 0 aliphatic heterocycles. The Morgan fingerprint density at radius 3 is 2.29 bits per heavy atom. The highest BCUT2D eigenvalue weighted by Gasteiger charge is 2.12. The predicted octanol–water partition coefficient (Wildman–Crippen LogP) is 0.741. The zero-order valence-corrected chi connectivity index (χ0v) is 9.08. The van der Waals surface area contributed by atoms with Crippen LogP contribution in [-0.2, 0) is 0 Å². The molecule has 4 N–H and O–H groups in total. The van der Waals surface area contributed by atoms with E-state index in [4.69, 9.17) is 20.5 Å². The van der Waals surface area contributed by atoms with Gasteiger partial charge in [0.15, 0.2) is 0 Å². The lowest BCUT2D eigenvalue weighted by Gasteiger charge is -2.09. The van der Waals surface area contributed by atoms with Crippen LogP contribution in [-0.4, -0.2) is 17.2 Å². The van der Waals surface area contributed by atoms with E-state index in [0.717, 1.165) is 0 Å². The van der Waals surface area contributed by atoms with E-state index in [1.54, 1.807) is 12.1 Å². The fraction of sp³-hybridized carbons (Fsp3) is 0. The average molecular weight is 229 g/mol. The van der Waals surface area contributed by atoms with Gasteiger partial charge in [-0.05, 0) is 29.7 Å². The highest BCUT2D eigenvalue weighted by Crippen LogP contribution is 2.25. The molecule has 0 heterocycles. The van der Waals surface area contributed by atoms with E-state index in [1.807, 2.05) is 30.3 Å². The molecule has 0 saturated heterocycles. The second kappa shape index (κ2) is 4.90. The van der Waals surface area contributed by atoms with Gasteiger partial charge >= 0.3 is 7.12 Å². The summed E-state index contributed by atoms with van der Waals surface area (Å²) in [5.74, 6) is 1.16. The molecule has 2 rings (SSSR count). The Hall–Kier alpha value is -1.98. The Labute approximate surface area is 99.4 Å². The zero-order chi connectivity index (χ0) is 12.3. The van der Waals surface area contributed by atoms with Crippen LogP contribution in [0.5, 0.6) is 11.5 Å². The molecule has 5 heteroatoms. The van der Waals surface area contributed by atoms with Crippen molar-refractivity contribution in [2.24, 2.45) is 0 Å². The number of rotatable bonds is 3. The molecule has 0 aliphatic carbocycles. The van der Waals surface area contributed by atoms with E-state index >= 15 is 0 Å². The SMILES string of the molecule is Nc1cc(B(O)O)ccc1Oc1ccccc1.